The van der Waals surface area contributed by atoms with Crippen molar-refractivity contribution in [3.8, 4) is 0 Å². The van der Waals surface area contributed by atoms with Crippen LogP contribution >= 0.6 is 0 Å². The van der Waals surface area contributed by atoms with Gasteiger partial charge in [-0.25, -0.2) is 15.3 Å². The third-order valence-electron chi connectivity index (χ3n) is 1.40. The van der Waals surface area contributed by atoms with E-state index in [1.807, 2.05) is 0 Å². The number of carbonyl (C=O) groups is 1. The minimum atomic E-state index is -1.34. The van der Waals surface area contributed by atoms with Crippen molar-refractivity contribution in [2.24, 2.45) is 0 Å². The predicted octanol–water partition coefficient (Wildman–Crippen LogP) is 0.489. The van der Waals surface area contributed by atoms with E-state index in [1.165, 1.54) is 5.48 Å². The van der Waals surface area contributed by atoms with Crippen molar-refractivity contribution >= 4 is 17.5 Å². The van der Waals surface area contributed by atoms with E-state index in [1.54, 1.807) is 0 Å². The van der Waals surface area contributed by atoms with Gasteiger partial charge in [0, 0.05) is 6.07 Å². The maximum Gasteiger partial charge on any atom is 0.354 e. The van der Waals surface area contributed by atoms with Crippen LogP contribution in [0, 0.1) is 10.1 Å². The molecule has 0 spiro atoms. The molecule has 0 radical (unpaired) electrons. The second kappa shape index (κ2) is 3.66. The molecule has 8 heteroatoms. The van der Waals surface area contributed by atoms with Crippen molar-refractivity contribution in [1.29, 1.82) is 0 Å². The number of nitro groups is 1. The van der Waals surface area contributed by atoms with Gasteiger partial charge in [0.15, 0.2) is 5.69 Å². The standard InChI is InChI=1S/C6H5N3O5/c10-6(11)3-1-2-4(9(13)14)5(7-3)8-12/h1-2,12H,(H,7,8)(H,10,11). The summed E-state index contributed by atoms with van der Waals surface area (Å²) in [5.41, 5.74) is 0.558. The largest absolute Gasteiger partial charge is 0.477 e. The van der Waals surface area contributed by atoms with E-state index in [-0.39, 0.29) is 0 Å². The number of nitrogens with zero attached hydrogens (tertiary/aromatic N) is 2. The molecule has 74 valence electrons. The number of anilines is 1. The molecule has 1 aromatic heterocycles. The monoisotopic (exact) mass is 199 g/mol. The number of aromatic nitrogens is 1. The van der Waals surface area contributed by atoms with Gasteiger partial charge < -0.3 is 5.11 Å². The van der Waals surface area contributed by atoms with Crippen LogP contribution in [0.2, 0.25) is 0 Å². The summed E-state index contributed by atoms with van der Waals surface area (Å²) in [5.74, 6) is -1.84. The van der Waals surface area contributed by atoms with E-state index in [9.17, 15) is 14.9 Å². The number of aromatic carboxylic acids is 1. The smallest absolute Gasteiger partial charge is 0.354 e. The minimum Gasteiger partial charge on any atom is -0.477 e. The van der Waals surface area contributed by atoms with Gasteiger partial charge in [-0.05, 0) is 6.07 Å². The molecule has 0 aliphatic carbocycles. The van der Waals surface area contributed by atoms with E-state index in [0.29, 0.717) is 0 Å². The lowest BCUT2D eigenvalue weighted by molar-refractivity contribution is -0.384. The van der Waals surface area contributed by atoms with Gasteiger partial charge in [-0.15, -0.1) is 0 Å². The molecule has 0 saturated heterocycles. The van der Waals surface area contributed by atoms with Crippen LogP contribution in [0.4, 0.5) is 11.5 Å². The molecule has 8 nitrogen and oxygen atoms in total. The average Bonchev–Trinajstić information content (AvgIpc) is 2.16. The second-order valence-electron chi connectivity index (χ2n) is 2.24. The summed E-state index contributed by atoms with van der Waals surface area (Å²) in [6, 6.07) is 1.91. The van der Waals surface area contributed by atoms with Crippen LogP contribution in [0.5, 0.6) is 0 Å². The molecule has 0 saturated carbocycles. The summed E-state index contributed by atoms with van der Waals surface area (Å²) in [6.45, 7) is 0. The summed E-state index contributed by atoms with van der Waals surface area (Å²) in [7, 11) is 0. The number of carboxylic acids is 1. The van der Waals surface area contributed by atoms with Crippen molar-refractivity contribution < 1.29 is 20.0 Å². The Bertz CT molecular complexity index is 391. The summed E-state index contributed by atoms with van der Waals surface area (Å²) in [5, 5.41) is 27.3. The predicted molar refractivity (Wildman–Crippen MR) is 43.3 cm³/mol. The third kappa shape index (κ3) is 1.75. The molecule has 0 aliphatic heterocycles. The minimum absolute atomic E-state index is 0.396. The topological polar surface area (TPSA) is 126 Å². The van der Waals surface area contributed by atoms with Gasteiger partial charge in [-0.1, -0.05) is 0 Å². The molecule has 1 aromatic rings. The first kappa shape index (κ1) is 9.86. The maximum absolute atomic E-state index is 10.4. The summed E-state index contributed by atoms with van der Waals surface area (Å²) >= 11 is 0. The van der Waals surface area contributed by atoms with Crippen LogP contribution in [0.25, 0.3) is 0 Å². The van der Waals surface area contributed by atoms with Crippen LogP contribution < -0.4 is 5.48 Å². The fraction of sp³-hybridized carbons (Fsp3) is 0. The first-order valence-electron chi connectivity index (χ1n) is 3.35. The molecule has 0 aromatic carbocycles. The van der Waals surface area contributed by atoms with Crippen LogP contribution in [0.1, 0.15) is 10.5 Å². The lowest BCUT2D eigenvalue weighted by Gasteiger charge is -2.00. The lowest BCUT2D eigenvalue weighted by Crippen LogP contribution is -2.05. The zero-order valence-corrected chi connectivity index (χ0v) is 6.67. The van der Waals surface area contributed by atoms with Gasteiger partial charge in [0.2, 0.25) is 5.82 Å². The van der Waals surface area contributed by atoms with E-state index >= 15 is 0 Å². The SMILES string of the molecule is O=C(O)c1ccc([N+](=O)[O-])c(NO)n1. The summed E-state index contributed by atoms with van der Waals surface area (Å²) < 4.78 is 0. The molecule has 14 heavy (non-hydrogen) atoms. The van der Waals surface area contributed by atoms with Crippen LogP contribution in [-0.2, 0) is 0 Å². The quantitative estimate of drug-likeness (QED) is 0.477. The summed E-state index contributed by atoms with van der Waals surface area (Å²) in [6.07, 6.45) is 0. The highest BCUT2D eigenvalue weighted by atomic mass is 16.6. The van der Waals surface area contributed by atoms with Gasteiger partial charge in [0.1, 0.15) is 0 Å². The molecule has 0 fully saturated rings. The Kier molecular flexibility index (Phi) is 2.58. The summed E-state index contributed by atoms with van der Waals surface area (Å²) in [4.78, 5) is 23.3. The number of carboxylic acid groups (broad SMARTS) is 1. The molecule has 0 amide bonds. The highest BCUT2D eigenvalue weighted by Crippen LogP contribution is 2.21. The van der Waals surface area contributed by atoms with Crippen molar-refractivity contribution in [2.45, 2.75) is 0 Å². The number of rotatable bonds is 3. The Labute approximate surface area is 76.9 Å². The van der Waals surface area contributed by atoms with Crippen molar-refractivity contribution in [3.63, 3.8) is 0 Å². The van der Waals surface area contributed by atoms with Gasteiger partial charge in [-0.2, -0.15) is 0 Å². The molecule has 1 heterocycles. The fourth-order valence-corrected chi connectivity index (χ4v) is 0.801. The van der Waals surface area contributed by atoms with E-state index < -0.39 is 28.1 Å². The molecule has 0 atom stereocenters. The Morgan fingerprint density at radius 1 is 1.57 bits per heavy atom. The van der Waals surface area contributed by atoms with E-state index in [0.717, 1.165) is 12.1 Å². The Morgan fingerprint density at radius 2 is 2.21 bits per heavy atom. The van der Waals surface area contributed by atoms with Crippen molar-refractivity contribution in [3.05, 3.63) is 27.9 Å². The van der Waals surface area contributed by atoms with Gasteiger partial charge in [-0.3, -0.25) is 15.3 Å². The number of pyridine rings is 1. The normalized spacial score (nSPS) is 9.50. The van der Waals surface area contributed by atoms with Gasteiger partial charge >= 0.3 is 11.7 Å². The molecule has 0 unspecified atom stereocenters. The molecular weight excluding hydrogens is 194 g/mol. The molecule has 0 aliphatic rings. The Balaban J connectivity index is 3.25. The Morgan fingerprint density at radius 3 is 2.64 bits per heavy atom. The van der Waals surface area contributed by atoms with E-state index in [2.05, 4.69) is 4.98 Å². The second-order valence-corrected chi connectivity index (χ2v) is 2.24. The molecule has 1 rings (SSSR count). The first-order valence-corrected chi connectivity index (χ1v) is 3.35. The van der Waals surface area contributed by atoms with Crippen LogP contribution in [-0.4, -0.2) is 26.2 Å². The lowest BCUT2D eigenvalue weighted by atomic mass is 10.3. The zero-order valence-electron chi connectivity index (χ0n) is 6.67. The van der Waals surface area contributed by atoms with Crippen molar-refractivity contribution in [2.75, 3.05) is 5.48 Å². The zero-order chi connectivity index (χ0) is 10.7. The highest BCUT2D eigenvalue weighted by Gasteiger charge is 2.17. The van der Waals surface area contributed by atoms with Crippen molar-refractivity contribution in [1.82, 2.24) is 4.98 Å². The maximum atomic E-state index is 10.4. The van der Waals surface area contributed by atoms with Crippen LogP contribution in [0.15, 0.2) is 12.1 Å². The van der Waals surface area contributed by atoms with Gasteiger partial charge in [0.25, 0.3) is 0 Å². The molecular formula is C6H5N3O5. The highest BCUT2D eigenvalue weighted by molar-refractivity contribution is 5.86. The number of nitrogens with one attached hydrogen (secondary N) is 1. The molecule has 3 N–H and O–H groups in total. The number of hydrogen-bond acceptors (Lipinski definition) is 6. The third-order valence-corrected chi connectivity index (χ3v) is 1.40. The fourth-order valence-electron chi connectivity index (χ4n) is 0.801. The van der Waals surface area contributed by atoms with Crippen LogP contribution in [0.3, 0.4) is 0 Å². The Hall–Kier alpha value is -2.22. The molecule has 0 bridgehead atoms. The number of hydrogen-bond donors (Lipinski definition) is 3. The first-order chi connectivity index (χ1) is 6.56. The van der Waals surface area contributed by atoms with Gasteiger partial charge in [0.05, 0.1) is 4.92 Å². The van der Waals surface area contributed by atoms with E-state index in [4.69, 9.17) is 10.3 Å². The average molecular weight is 199 g/mol.